The summed E-state index contributed by atoms with van der Waals surface area (Å²) in [6.45, 7) is 7.48. The van der Waals surface area contributed by atoms with Gasteiger partial charge < -0.3 is 14.7 Å². The molecule has 1 N–H and O–H groups in total. The Morgan fingerprint density at radius 2 is 1.87 bits per heavy atom. The summed E-state index contributed by atoms with van der Waals surface area (Å²) >= 11 is 1.60. The summed E-state index contributed by atoms with van der Waals surface area (Å²) in [5.41, 5.74) is 0. The average Bonchev–Trinajstić information content (AvgIpc) is 3.12. The second-order valence-corrected chi connectivity index (χ2v) is 7.08. The van der Waals surface area contributed by atoms with E-state index in [9.17, 15) is 9.90 Å². The molecule has 0 radical (unpaired) electrons. The maximum absolute atomic E-state index is 12.3. The SMILES string of the molecule is O=C(CN1CCN(C[C@@H](O)c2cccs2)CC1)N1CCOCC1. The van der Waals surface area contributed by atoms with Crippen LogP contribution < -0.4 is 0 Å². The summed E-state index contributed by atoms with van der Waals surface area (Å²) in [4.78, 5) is 19.7. The van der Waals surface area contributed by atoms with Crippen molar-refractivity contribution in [1.82, 2.24) is 14.7 Å². The zero-order valence-electron chi connectivity index (χ0n) is 13.4. The maximum atomic E-state index is 12.3. The Morgan fingerprint density at radius 3 is 2.52 bits per heavy atom. The van der Waals surface area contributed by atoms with E-state index in [1.54, 1.807) is 11.3 Å². The minimum atomic E-state index is -0.406. The third-order valence-electron chi connectivity index (χ3n) is 4.49. The first-order valence-corrected chi connectivity index (χ1v) is 9.12. The van der Waals surface area contributed by atoms with E-state index in [2.05, 4.69) is 9.80 Å². The van der Waals surface area contributed by atoms with Gasteiger partial charge in [0.2, 0.25) is 5.91 Å². The van der Waals surface area contributed by atoms with Crippen LogP contribution in [0.3, 0.4) is 0 Å². The van der Waals surface area contributed by atoms with Gasteiger partial charge >= 0.3 is 0 Å². The van der Waals surface area contributed by atoms with Crippen LogP contribution in [0.1, 0.15) is 11.0 Å². The molecule has 2 aliphatic rings. The number of piperazine rings is 1. The van der Waals surface area contributed by atoms with Gasteiger partial charge in [-0.3, -0.25) is 14.6 Å². The molecule has 3 heterocycles. The van der Waals surface area contributed by atoms with E-state index in [1.165, 1.54) is 0 Å². The van der Waals surface area contributed by atoms with Crippen molar-refractivity contribution in [2.75, 3.05) is 65.6 Å². The molecule has 1 aromatic rings. The highest BCUT2D eigenvalue weighted by Gasteiger charge is 2.24. The van der Waals surface area contributed by atoms with E-state index < -0.39 is 6.10 Å². The summed E-state index contributed by atoms with van der Waals surface area (Å²) < 4.78 is 5.28. The van der Waals surface area contributed by atoms with Gasteiger partial charge in [0.15, 0.2) is 0 Å². The summed E-state index contributed by atoms with van der Waals surface area (Å²) in [7, 11) is 0. The molecular weight excluding hydrogens is 314 g/mol. The minimum absolute atomic E-state index is 0.209. The Balaban J connectivity index is 1.39. The molecule has 128 valence electrons. The van der Waals surface area contributed by atoms with Gasteiger partial charge in [0.1, 0.15) is 6.10 Å². The van der Waals surface area contributed by atoms with Crippen molar-refractivity contribution in [3.8, 4) is 0 Å². The lowest BCUT2D eigenvalue weighted by molar-refractivity contribution is -0.136. The summed E-state index contributed by atoms with van der Waals surface area (Å²) in [5, 5.41) is 12.2. The molecular formula is C16H25N3O3S. The molecule has 2 aliphatic heterocycles. The number of thiophene rings is 1. The first-order chi connectivity index (χ1) is 11.2. The number of hydrogen-bond acceptors (Lipinski definition) is 6. The Kier molecular flexibility index (Phi) is 6.02. The van der Waals surface area contributed by atoms with Gasteiger partial charge in [-0.25, -0.2) is 0 Å². The second kappa shape index (κ2) is 8.21. The van der Waals surface area contributed by atoms with Gasteiger partial charge in [-0.15, -0.1) is 11.3 Å². The molecule has 7 heteroatoms. The number of nitrogens with zero attached hydrogens (tertiary/aromatic N) is 3. The highest BCUT2D eigenvalue weighted by atomic mass is 32.1. The molecule has 2 saturated heterocycles. The molecule has 0 aliphatic carbocycles. The molecule has 0 saturated carbocycles. The predicted octanol–water partition coefficient (Wildman–Crippen LogP) is 0.258. The molecule has 1 amide bonds. The van der Waals surface area contributed by atoms with E-state index in [0.717, 1.165) is 31.1 Å². The van der Waals surface area contributed by atoms with E-state index in [1.807, 2.05) is 22.4 Å². The van der Waals surface area contributed by atoms with Gasteiger partial charge in [0.25, 0.3) is 0 Å². The second-order valence-electron chi connectivity index (χ2n) is 6.10. The van der Waals surface area contributed by atoms with Crippen LogP contribution in [0.15, 0.2) is 17.5 Å². The Bertz CT molecular complexity index is 483. The third kappa shape index (κ3) is 4.74. The summed E-state index contributed by atoms with van der Waals surface area (Å²) in [6, 6.07) is 3.95. The number of β-amino-alcohol motifs (C(OH)–C–C–N with tert-alkyl or cyclic N) is 1. The monoisotopic (exact) mass is 339 g/mol. The molecule has 23 heavy (non-hydrogen) atoms. The Labute approximate surface area is 141 Å². The fraction of sp³-hybridized carbons (Fsp3) is 0.688. The maximum Gasteiger partial charge on any atom is 0.236 e. The number of carbonyl (C=O) groups excluding carboxylic acids is 1. The van der Waals surface area contributed by atoms with Crippen molar-refractivity contribution in [2.24, 2.45) is 0 Å². The average molecular weight is 339 g/mol. The van der Waals surface area contributed by atoms with Gasteiger partial charge in [-0.2, -0.15) is 0 Å². The number of morpholine rings is 1. The van der Waals surface area contributed by atoms with Gasteiger partial charge in [-0.1, -0.05) is 6.07 Å². The number of ether oxygens (including phenoxy) is 1. The van der Waals surface area contributed by atoms with Crippen molar-refractivity contribution >= 4 is 17.2 Å². The standard InChI is InChI=1S/C16H25N3O3S/c20-14(15-2-1-11-23-15)12-17-3-5-18(6-4-17)13-16(21)19-7-9-22-10-8-19/h1-2,11,14,20H,3-10,12-13H2/t14-/m1/s1. The van der Waals surface area contributed by atoms with Crippen LogP contribution >= 0.6 is 11.3 Å². The van der Waals surface area contributed by atoms with E-state index in [4.69, 9.17) is 4.74 Å². The first-order valence-electron chi connectivity index (χ1n) is 8.24. The van der Waals surface area contributed by atoms with Crippen LogP contribution in [0.25, 0.3) is 0 Å². The zero-order valence-corrected chi connectivity index (χ0v) is 14.2. The van der Waals surface area contributed by atoms with Gasteiger partial charge in [0, 0.05) is 50.7 Å². The van der Waals surface area contributed by atoms with E-state index in [0.29, 0.717) is 39.4 Å². The van der Waals surface area contributed by atoms with Crippen molar-refractivity contribution < 1.29 is 14.6 Å². The van der Waals surface area contributed by atoms with Crippen molar-refractivity contribution in [2.45, 2.75) is 6.10 Å². The quantitative estimate of drug-likeness (QED) is 0.834. The smallest absolute Gasteiger partial charge is 0.236 e. The number of rotatable bonds is 5. The lowest BCUT2D eigenvalue weighted by Gasteiger charge is -2.36. The fourth-order valence-electron chi connectivity index (χ4n) is 3.05. The van der Waals surface area contributed by atoms with Gasteiger partial charge in [-0.05, 0) is 11.4 Å². The molecule has 0 aromatic carbocycles. The molecule has 0 unspecified atom stereocenters. The lowest BCUT2D eigenvalue weighted by atomic mass is 10.2. The zero-order chi connectivity index (χ0) is 16.1. The van der Waals surface area contributed by atoms with Crippen LogP contribution in [0.4, 0.5) is 0 Å². The number of aliphatic hydroxyl groups excluding tert-OH is 1. The number of aliphatic hydroxyl groups is 1. The van der Waals surface area contributed by atoms with E-state index in [-0.39, 0.29) is 5.91 Å². The third-order valence-corrected chi connectivity index (χ3v) is 5.46. The topological polar surface area (TPSA) is 56.2 Å². The van der Waals surface area contributed by atoms with Crippen molar-refractivity contribution in [3.63, 3.8) is 0 Å². The lowest BCUT2D eigenvalue weighted by Crippen LogP contribution is -2.52. The number of carbonyl (C=O) groups is 1. The summed E-state index contributed by atoms with van der Waals surface area (Å²) in [6.07, 6.45) is -0.406. The van der Waals surface area contributed by atoms with Crippen molar-refractivity contribution in [1.29, 1.82) is 0 Å². The van der Waals surface area contributed by atoms with Crippen LogP contribution in [0.2, 0.25) is 0 Å². The number of amides is 1. The molecule has 3 rings (SSSR count). The molecule has 0 bridgehead atoms. The van der Waals surface area contributed by atoms with Crippen LogP contribution in [-0.2, 0) is 9.53 Å². The van der Waals surface area contributed by atoms with Crippen LogP contribution in [-0.4, -0.2) is 91.3 Å². The Morgan fingerprint density at radius 1 is 1.17 bits per heavy atom. The fourth-order valence-corrected chi connectivity index (χ4v) is 3.75. The molecule has 2 fully saturated rings. The molecule has 1 atom stereocenters. The molecule has 6 nitrogen and oxygen atoms in total. The highest BCUT2D eigenvalue weighted by Crippen LogP contribution is 2.20. The van der Waals surface area contributed by atoms with Crippen molar-refractivity contribution in [3.05, 3.63) is 22.4 Å². The Hall–Kier alpha value is -0.990. The summed E-state index contributed by atoms with van der Waals surface area (Å²) in [5.74, 6) is 0.209. The normalized spacial score (nSPS) is 22.2. The van der Waals surface area contributed by atoms with Gasteiger partial charge in [0.05, 0.1) is 19.8 Å². The minimum Gasteiger partial charge on any atom is -0.386 e. The first kappa shape index (κ1) is 16.9. The molecule has 0 spiro atoms. The van der Waals surface area contributed by atoms with Crippen LogP contribution in [0, 0.1) is 0 Å². The highest BCUT2D eigenvalue weighted by molar-refractivity contribution is 7.10. The molecule has 1 aromatic heterocycles. The van der Waals surface area contributed by atoms with Crippen LogP contribution in [0.5, 0.6) is 0 Å². The number of hydrogen-bond donors (Lipinski definition) is 1. The van der Waals surface area contributed by atoms with E-state index >= 15 is 0 Å². The largest absolute Gasteiger partial charge is 0.386 e. The predicted molar refractivity (Wildman–Crippen MR) is 89.6 cm³/mol.